The molecule has 4 rings (SSSR count). The van der Waals surface area contributed by atoms with E-state index in [0.717, 1.165) is 31.4 Å². The average molecular weight is 432 g/mol. The molecule has 9 heteroatoms. The number of alkyl halides is 3. The number of hydrogen-bond donors (Lipinski definition) is 1. The molecule has 1 aliphatic carbocycles. The van der Waals surface area contributed by atoms with E-state index in [1.807, 2.05) is 13.8 Å². The number of imidazole rings is 1. The summed E-state index contributed by atoms with van der Waals surface area (Å²) in [7, 11) is 0. The van der Waals surface area contributed by atoms with Crippen molar-refractivity contribution < 1.29 is 23.0 Å². The minimum atomic E-state index is -4.76. The van der Waals surface area contributed by atoms with Gasteiger partial charge in [0.1, 0.15) is 5.75 Å². The summed E-state index contributed by atoms with van der Waals surface area (Å²) in [6.07, 6.45) is 0.119. The molecule has 1 saturated carbocycles. The summed E-state index contributed by atoms with van der Waals surface area (Å²) in [4.78, 5) is 8.95. The number of aliphatic imine (C=N–C) groups is 1. The number of hydrogen-bond acceptors (Lipinski definition) is 5. The highest BCUT2D eigenvalue weighted by Crippen LogP contribution is 2.32. The fraction of sp³-hybridized carbons (Fsp3) is 0.409. The number of benzene rings is 1. The van der Waals surface area contributed by atoms with Crippen LogP contribution in [-0.2, 0) is 0 Å². The SMILES string of the molecule is CC(C)(O)C1CCC(=Nc2ccc3ncc(-c4cccc(OC(F)(F)F)c4)n3n2)CC1. The van der Waals surface area contributed by atoms with E-state index in [1.165, 1.54) is 18.2 Å². The van der Waals surface area contributed by atoms with Gasteiger partial charge in [-0.1, -0.05) is 12.1 Å². The number of aliphatic hydroxyl groups is 1. The van der Waals surface area contributed by atoms with Crippen LogP contribution >= 0.6 is 0 Å². The van der Waals surface area contributed by atoms with E-state index >= 15 is 0 Å². The van der Waals surface area contributed by atoms with Gasteiger partial charge in [0.15, 0.2) is 11.5 Å². The third kappa shape index (κ3) is 5.04. The Morgan fingerprint density at radius 3 is 2.55 bits per heavy atom. The van der Waals surface area contributed by atoms with Gasteiger partial charge in [-0.2, -0.15) is 0 Å². The Morgan fingerprint density at radius 1 is 1.13 bits per heavy atom. The minimum absolute atomic E-state index is 0.244. The Hall–Kier alpha value is -2.94. The van der Waals surface area contributed by atoms with E-state index in [2.05, 4.69) is 19.8 Å². The van der Waals surface area contributed by atoms with Gasteiger partial charge in [-0.25, -0.2) is 14.5 Å². The highest BCUT2D eigenvalue weighted by atomic mass is 19.4. The lowest BCUT2D eigenvalue weighted by Gasteiger charge is -2.32. The first kappa shape index (κ1) is 21.3. The van der Waals surface area contributed by atoms with Crippen LogP contribution in [0.2, 0.25) is 0 Å². The maximum absolute atomic E-state index is 12.6. The lowest BCUT2D eigenvalue weighted by Crippen LogP contribution is -2.33. The number of ether oxygens (including phenoxy) is 1. The van der Waals surface area contributed by atoms with Gasteiger partial charge in [-0.05, 0) is 69.7 Å². The Kier molecular flexibility index (Phi) is 5.47. The Bertz CT molecular complexity index is 1110. The van der Waals surface area contributed by atoms with Crippen molar-refractivity contribution in [2.45, 2.75) is 51.5 Å². The molecule has 31 heavy (non-hydrogen) atoms. The molecule has 0 aliphatic heterocycles. The smallest absolute Gasteiger partial charge is 0.406 e. The summed E-state index contributed by atoms with van der Waals surface area (Å²) in [5.74, 6) is 0.444. The van der Waals surface area contributed by atoms with Crippen LogP contribution in [-0.4, -0.2) is 37.4 Å². The number of fused-ring (bicyclic) bond motifs is 1. The van der Waals surface area contributed by atoms with Crippen LogP contribution in [0.5, 0.6) is 5.75 Å². The number of nitrogens with zero attached hydrogens (tertiary/aromatic N) is 4. The van der Waals surface area contributed by atoms with Gasteiger partial charge in [0.2, 0.25) is 0 Å². The van der Waals surface area contributed by atoms with Crippen molar-refractivity contribution in [2.75, 3.05) is 0 Å². The van der Waals surface area contributed by atoms with Crippen LogP contribution in [0.25, 0.3) is 16.9 Å². The zero-order valence-electron chi connectivity index (χ0n) is 17.2. The lowest BCUT2D eigenvalue weighted by molar-refractivity contribution is -0.274. The third-order valence-electron chi connectivity index (χ3n) is 5.55. The van der Waals surface area contributed by atoms with Crippen molar-refractivity contribution in [1.29, 1.82) is 0 Å². The molecule has 0 unspecified atom stereocenters. The normalized spacial score (nSPS) is 17.7. The van der Waals surface area contributed by atoms with Crippen molar-refractivity contribution in [2.24, 2.45) is 10.9 Å². The molecule has 1 aliphatic rings. The van der Waals surface area contributed by atoms with E-state index in [-0.39, 0.29) is 11.7 Å². The summed E-state index contributed by atoms with van der Waals surface area (Å²) in [6.45, 7) is 3.68. The molecule has 1 N–H and O–H groups in total. The molecule has 1 fully saturated rings. The van der Waals surface area contributed by atoms with E-state index in [4.69, 9.17) is 0 Å². The molecular formula is C22H23F3N4O2. The highest BCUT2D eigenvalue weighted by molar-refractivity contribution is 5.87. The monoisotopic (exact) mass is 432 g/mol. The van der Waals surface area contributed by atoms with Crippen LogP contribution in [0.3, 0.4) is 0 Å². The average Bonchev–Trinajstić information content (AvgIpc) is 3.10. The molecule has 3 aromatic rings. The van der Waals surface area contributed by atoms with Crippen LogP contribution in [0.4, 0.5) is 19.0 Å². The van der Waals surface area contributed by atoms with Crippen molar-refractivity contribution >= 4 is 17.2 Å². The molecular weight excluding hydrogens is 409 g/mol. The van der Waals surface area contributed by atoms with Gasteiger partial charge in [0.25, 0.3) is 0 Å². The second-order valence-electron chi connectivity index (χ2n) is 8.29. The van der Waals surface area contributed by atoms with Gasteiger partial charge in [-0.15, -0.1) is 18.3 Å². The van der Waals surface area contributed by atoms with Crippen molar-refractivity contribution in [3.8, 4) is 17.0 Å². The Morgan fingerprint density at radius 2 is 1.87 bits per heavy atom. The maximum atomic E-state index is 12.6. The Balaban J connectivity index is 1.60. The summed E-state index contributed by atoms with van der Waals surface area (Å²) in [5.41, 5.74) is 1.92. The summed E-state index contributed by atoms with van der Waals surface area (Å²) in [6, 6.07) is 9.24. The van der Waals surface area contributed by atoms with Crippen LogP contribution in [0.15, 0.2) is 47.6 Å². The number of rotatable bonds is 4. The molecule has 2 aromatic heterocycles. The van der Waals surface area contributed by atoms with Gasteiger partial charge in [-0.3, -0.25) is 0 Å². The first-order valence-electron chi connectivity index (χ1n) is 10.1. The van der Waals surface area contributed by atoms with Gasteiger partial charge < -0.3 is 9.84 Å². The molecule has 164 valence electrons. The second-order valence-corrected chi connectivity index (χ2v) is 8.29. The van der Waals surface area contributed by atoms with Gasteiger partial charge >= 0.3 is 6.36 Å². The topological polar surface area (TPSA) is 72.0 Å². The first-order chi connectivity index (χ1) is 14.6. The predicted molar refractivity (Wildman–Crippen MR) is 110 cm³/mol. The molecule has 0 spiro atoms. The molecule has 0 radical (unpaired) electrons. The number of aromatic nitrogens is 3. The zero-order valence-corrected chi connectivity index (χ0v) is 17.2. The van der Waals surface area contributed by atoms with E-state index in [1.54, 1.807) is 28.9 Å². The van der Waals surface area contributed by atoms with Crippen molar-refractivity contribution in [3.05, 3.63) is 42.6 Å². The summed E-state index contributed by atoms with van der Waals surface area (Å²) < 4.78 is 43.2. The maximum Gasteiger partial charge on any atom is 0.573 e. The van der Waals surface area contributed by atoms with Crippen LogP contribution in [0.1, 0.15) is 39.5 Å². The summed E-state index contributed by atoms with van der Waals surface area (Å²) >= 11 is 0. The molecule has 0 atom stereocenters. The van der Waals surface area contributed by atoms with E-state index in [0.29, 0.717) is 22.7 Å². The molecule has 6 nitrogen and oxygen atoms in total. The fourth-order valence-electron chi connectivity index (χ4n) is 3.90. The van der Waals surface area contributed by atoms with E-state index < -0.39 is 12.0 Å². The minimum Gasteiger partial charge on any atom is -0.406 e. The molecule has 0 bridgehead atoms. The number of halogens is 3. The third-order valence-corrected chi connectivity index (χ3v) is 5.55. The second kappa shape index (κ2) is 7.96. The van der Waals surface area contributed by atoms with E-state index in [9.17, 15) is 18.3 Å². The zero-order chi connectivity index (χ0) is 22.2. The lowest BCUT2D eigenvalue weighted by atomic mass is 9.78. The molecule has 2 heterocycles. The summed E-state index contributed by atoms with van der Waals surface area (Å²) in [5, 5.41) is 14.7. The Labute approximate surface area is 177 Å². The van der Waals surface area contributed by atoms with Crippen molar-refractivity contribution in [1.82, 2.24) is 14.6 Å². The predicted octanol–water partition coefficient (Wildman–Crippen LogP) is 5.33. The van der Waals surface area contributed by atoms with Gasteiger partial charge in [0.05, 0.1) is 17.5 Å². The largest absolute Gasteiger partial charge is 0.573 e. The first-order valence-corrected chi connectivity index (χ1v) is 10.1. The van der Waals surface area contributed by atoms with Gasteiger partial charge in [0, 0.05) is 11.3 Å². The highest BCUT2D eigenvalue weighted by Gasteiger charge is 2.31. The molecule has 1 aromatic carbocycles. The molecule has 0 amide bonds. The quantitative estimate of drug-likeness (QED) is 0.605. The standard InChI is InChI=1S/C22H23F3N4O2/c1-21(2,30)15-6-8-16(9-7-15)27-19-10-11-20-26-13-18(29(20)28-19)14-4-3-5-17(12-14)31-22(23,24)25/h3-5,10-13,15,30H,6-9H2,1-2H3. The van der Waals surface area contributed by atoms with Crippen LogP contribution in [0, 0.1) is 5.92 Å². The van der Waals surface area contributed by atoms with Crippen molar-refractivity contribution in [3.63, 3.8) is 0 Å². The fourth-order valence-corrected chi connectivity index (χ4v) is 3.90. The van der Waals surface area contributed by atoms with Crippen LogP contribution < -0.4 is 4.74 Å². The molecule has 0 saturated heterocycles.